The first-order valence-corrected chi connectivity index (χ1v) is 8.71. The summed E-state index contributed by atoms with van der Waals surface area (Å²) in [6, 6.07) is 19.0. The van der Waals surface area contributed by atoms with Crippen LogP contribution in [0.1, 0.15) is 21.5 Å². The first-order valence-electron chi connectivity index (χ1n) is 8.71. The second-order valence-corrected chi connectivity index (χ2v) is 6.57. The summed E-state index contributed by atoms with van der Waals surface area (Å²) in [4.78, 5) is 12.0. The number of para-hydroxylation sites is 1. The molecule has 0 fully saturated rings. The normalized spacial score (nSPS) is 11.4. The van der Waals surface area contributed by atoms with Gasteiger partial charge in [0, 0.05) is 21.9 Å². The fourth-order valence-corrected chi connectivity index (χ4v) is 3.55. The van der Waals surface area contributed by atoms with Crippen LogP contribution >= 0.6 is 0 Å². The van der Waals surface area contributed by atoms with Gasteiger partial charge in [0.1, 0.15) is 5.75 Å². The van der Waals surface area contributed by atoms with E-state index in [1.807, 2.05) is 29.7 Å². The largest absolute Gasteiger partial charge is 0.434 e. The standard InChI is InChI=1S/C22H17F2N2O2/c1-13-9-10-15-18(11-13)26(17-7-4-6-16(20(15)17)21(25)27)12-14-5-2-3-8-19(14)28-22(23)24/h2-9,11,22H,12H2,1H3,(H2,25,27). The molecule has 0 aliphatic carbocycles. The van der Waals surface area contributed by atoms with Crippen molar-refractivity contribution in [1.29, 1.82) is 0 Å². The lowest BCUT2D eigenvalue weighted by Crippen LogP contribution is -2.11. The Balaban J connectivity index is 1.98. The van der Waals surface area contributed by atoms with E-state index >= 15 is 0 Å². The number of benzene rings is 3. The zero-order valence-corrected chi connectivity index (χ0v) is 15.1. The van der Waals surface area contributed by atoms with Gasteiger partial charge in [0.15, 0.2) is 0 Å². The molecule has 0 saturated carbocycles. The third-order valence-corrected chi connectivity index (χ3v) is 4.72. The molecule has 0 saturated heterocycles. The van der Waals surface area contributed by atoms with E-state index in [9.17, 15) is 13.6 Å². The second kappa shape index (κ2) is 6.96. The van der Waals surface area contributed by atoms with Crippen molar-refractivity contribution in [2.45, 2.75) is 20.1 Å². The van der Waals surface area contributed by atoms with E-state index < -0.39 is 12.5 Å². The van der Waals surface area contributed by atoms with Gasteiger partial charge < -0.3 is 15.0 Å². The van der Waals surface area contributed by atoms with Crippen LogP contribution in [-0.2, 0) is 6.54 Å². The molecule has 4 rings (SSSR count). The minimum absolute atomic E-state index is 0.121. The maximum atomic E-state index is 12.8. The van der Waals surface area contributed by atoms with Crippen molar-refractivity contribution in [2.75, 3.05) is 0 Å². The molecule has 6 heteroatoms. The molecule has 1 heterocycles. The van der Waals surface area contributed by atoms with Gasteiger partial charge in [0.25, 0.3) is 0 Å². The zero-order valence-electron chi connectivity index (χ0n) is 15.1. The highest BCUT2D eigenvalue weighted by atomic mass is 19.3. The number of hydrogen-bond acceptors (Lipinski definition) is 2. The van der Waals surface area contributed by atoms with E-state index in [0.717, 1.165) is 22.0 Å². The number of aryl methyl sites for hydroxylation is 1. The Labute approximate surface area is 160 Å². The summed E-state index contributed by atoms with van der Waals surface area (Å²) in [6.45, 7) is -0.667. The molecule has 0 aliphatic heterocycles. The molecule has 28 heavy (non-hydrogen) atoms. The van der Waals surface area contributed by atoms with Crippen molar-refractivity contribution in [1.82, 2.24) is 4.57 Å². The van der Waals surface area contributed by atoms with Crippen molar-refractivity contribution >= 4 is 27.7 Å². The number of alkyl halides is 2. The SMILES string of the molecule is Cc1c[c]c2c3c(C(N)=O)cccc3n(Cc3ccccc3OC(F)F)c2c1. The lowest BCUT2D eigenvalue weighted by atomic mass is 10.1. The summed E-state index contributed by atoms with van der Waals surface area (Å²) in [5.74, 6) is -0.407. The Morgan fingerprint density at radius 1 is 1.18 bits per heavy atom. The maximum Gasteiger partial charge on any atom is 0.387 e. The first kappa shape index (κ1) is 18.0. The molecule has 2 N–H and O–H groups in total. The Hall–Kier alpha value is -3.41. The summed E-state index contributed by atoms with van der Waals surface area (Å²) < 4.78 is 32.2. The Morgan fingerprint density at radius 2 is 1.96 bits per heavy atom. The quantitative estimate of drug-likeness (QED) is 0.549. The average molecular weight is 379 g/mol. The molecule has 0 unspecified atom stereocenters. The summed E-state index contributed by atoms with van der Waals surface area (Å²) >= 11 is 0. The van der Waals surface area contributed by atoms with Gasteiger partial charge in [-0.25, -0.2) is 0 Å². The van der Waals surface area contributed by atoms with E-state index in [1.165, 1.54) is 6.07 Å². The number of halogens is 2. The van der Waals surface area contributed by atoms with Crippen LogP contribution in [0.3, 0.4) is 0 Å². The predicted molar refractivity (Wildman–Crippen MR) is 104 cm³/mol. The van der Waals surface area contributed by atoms with Crippen LogP contribution in [0.5, 0.6) is 5.75 Å². The third-order valence-electron chi connectivity index (χ3n) is 4.72. The van der Waals surface area contributed by atoms with Gasteiger partial charge in [0.05, 0.1) is 17.6 Å². The number of nitrogens with two attached hydrogens (primary N) is 1. The number of ether oxygens (including phenoxy) is 1. The molecule has 3 aromatic carbocycles. The number of amides is 1. The van der Waals surface area contributed by atoms with Crippen LogP contribution in [0.25, 0.3) is 21.8 Å². The van der Waals surface area contributed by atoms with Gasteiger partial charge in [0.2, 0.25) is 5.91 Å². The summed E-state index contributed by atoms with van der Waals surface area (Å²) in [6.07, 6.45) is 0. The van der Waals surface area contributed by atoms with E-state index in [2.05, 4.69) is 10.8 Å². The number of fused-ring (bicyclic) bond motifs is 3. The fraction of sp³-hybridized carbons (Fsp3) is 0.136. The number of hydrogen-bond donors (Lipinski definition) is 1. The minimum atomic E-state index is -2.91. The van der Waals surface area contributed by atoms with Gasteiger partial charge in [-0.3, -0.25) is 4.79 Å². The second-order valence-electron chi connectivity index (χ2n) is 6.57. The molecular formula is C22H17F2N2O2. The van der Waals surface area contributed by atoms with Crippen molar-refractivity contribution in [3.63, 3.8) is 0 Å². The van der Waals surface area contributed by atoms with Gasteiger partial charge in [-0.2, -0.15) is 8.78 Å². The Kier molecular flexibility index (Phi) is 4.47. The van der Waals surface area contributed by atoms with Crippen molar-refractivity contribution in [3.8, 4) is 5.75 Å². The summed E-state index contributed by atoms with van der Waals surface area (Å²) in [5, 5.41) is 1.47. The minimum Gasteiger partial charge on any atom is -0.434 e. The van der Waals surface area contributed by atoms with Crippen molar-refractivity contribution < 1.29 is 18.3 Å². The molecule has 1 amide bonds. The Morgan fingerprint density at radius 3 is 2.71 bits per heavy atom. The predicted octanol–water partition coefficient (Wildman–Crippen LogP) is 4.65. The monoisotopic (exact) mass is 379 g/mol. The topological polar surface area (TPSA) is 57.2 Å². The van der Waals surface area contributed by atoms with Crippen LogP contribution in [0, 0.1) is 13.0 Å². The molecule has 1 radical (unpaired) electrons. The van der Waals surface area contributed by atoms with Crippen LogP contribution in [0.4, 0.5) is 8.78 Å². The number of carbonyl (C=O) groups is 1. The first-order chi connectivity index (χ1) is 13.5. The molecule has 4 nitrogen and oxygen atoms in total. The smallest absolute Gasteiger partial charge is 0.387 e. The van der Waals surface area contributed by atoms with Crippen LogP contribution in [0.2, 0.25) is 0 Å². The lowest BCUT2D eigenvalue weighted by Gasteiger charge is -2.13. The number of carbonyl (C=O) groups excluding carboxylic acids is 1. The van der Waals surface area contributed by atoms with E-state index in [0.29, 0.717) is 23.1 Å². The van der Waals surface area contributed by atoms with Crippen molar-refractivity contribution in [3.05, 3.63) is 77.4 Å². The maximum absolute atomic E-state index is 12.8. The van der Waals surface area contributed by atoms with E-state index in [-0.39, 0.29) is 5.75 Å². The van der Waals surface area contributed by atoms with Crippen LogP contribution < -0.4 is 10.5 Å². The van der Waals surface area contributed by atoms with Gasteiger partial charge in [-0.05, 0) is 42.8 Å². The van der Waals surface area contributed by atoms with Crippen LogP contribution in [0.15, 0.2) is 54.6 Å². The highest BCUT2D eigenvalue weighted by Crippen LogP contribution is 2.33. The average Bonchev–Trinajstić information content (AvgIpc) is 2.96. The summed E-state index contributed by atoms with van der Waals surface area (Å²) in [7, 11) is 0. The number of rotatable bonds is 5. The van der Waals surface area contributed by atoms with E-state index in [4.69, 9.17) is 5.73 Å². The molecule has 4 aromatic rings. The fourth-order valence-electron chi connectivity index (χ4n) is 3.55. The highest BCUT2D eigenvalue weighted by molar-refractivity contribution is 6.17. The zero-order chi connectivity index (χ0) is 19.8. The molecule has 0 bridgehead atoms. The number of primary amides is 1. The van der Waals surface area contributed by atoms with Crippen LogP contribution in [-0.4, -0.2) is 17.1 Å². The van der Waals surface area contributed by atoms with Crippen molar-refractivity contribution in [2.24, 2.45) is 5.73 Å². The van der Waals surface area contributed by atoms with E-state index in [1.54, 1.807) is 30.3 Å². The molecule has 0 atom stereocenters. The Bertz CT molecular complexity index is 1200. The molecule has 0 spiro atoms. The number of aromatic nitrogens is 1. The molecule has 141 valence electrons. The third kappa shape index (κ3) is 3.07. The van der Waals surface area contributed by atoms with Gasteiger partial charge >= 0.3 is 6.61 Å². The number of nitrogens with zero attached hydrogens (tertiary/aromatic N) is 1. The molecule has 1 aromatic heterocycles. The summed E-state index contributed by atoms with van der Waals surface area (Å²) in [5.41, 5.74) is 9.20. The van der Waals surface area contributed by atoms with Gasteiger partial charge in [-0.1, -0.05) is 30.3 Å². The van der Waals surface area contributed by atoms with Gasteiger partial charge in [-0.15, -0.1) is 0 Å². The highest BCUT2D eigenvalue weighted by Gasteiger charge is 2.18. The molecule has 0 aliphatic rings. The lowest BCUT2D eigenvalue weighted by molar-refractivity contribution is -0.0504. The molecular weight excluding hydrogens is 362 g/mol.